The van der Waals surface area contributed by atoms with Gasteiger partial charge in [0.15, 0.2) is 6.10 Å². The molecule has 1 atom stereocenters. The number of aliphatic carboxylic acids is 1. The first-order chi connectivity index (χ1) is 17.0. The van der Waals surface area contributed by atoms with E-state index in [1.54, 1.807) is 12.1 Å². The van der Waals surface area contributed by atoms with Crippen molar-refractivity contribution in [1.82, 2.24) is 5.32 Å². The molecule has 0 saturated carbocycles. The molecule has 1 amide bonds. The Morgan fingerprint density at radius 1 is 1.03 bits per heavy atom. The lowest BCUT2D eigenvalue weighted by Gasteiger charge is -2.18. The lowest BCUT2D eigenvalue weighted by atomic mass is 9.99. The maximum absolute atomic E-state index is 13.0. The van der Waals surface area contributed by atoms with Crippen molar-refractivity contribution in [2.45, 2.75) is 65.9 Å². The summed E-state index contributed by atoms with van der Waals surface area (Å²) < 4.78 is 12.0. The SMILES string of the molecule is Cc1cc(OC(C)C)ccc1C(=O)NCc1cc(CC(OC(C)C)C(=O)O)ccc1-c1ccc(Cl)s1. The molecule has 3 rings (SSSR count). The van der Waals surface area contributed by atoms with E-state index in [0.717, 1.165) is 32.9 Å². The normalized spacial score (nSPS) is 12.1. The molecule has 2 N–H and O–H groups in total. The predicted octanol–water partition coefficient (Wildman–Crippen LogP) is 6.51. The van der Waals surface area contributed by atoms with Crippen LogP contribution >= 0.6 is 22.9 Å². The van der Waals surface area contributed by atoms with Gasteiger partial charge in [0, 0.05) is 23.4 Å². The van der Waals surface area contributed by atoms with Crippen LogP contribution in [0.3, 0.4) is 0 Å². The Bertz CT molecular complexity index is 1220. The molecule has 0 aliphatic rings. The van der Waals surface area contributed by atoms with E-state index in [2.05, 4.69) is 5.32 Å². The first-order valence-electron chi connectivity index (χ1n) is 11.8. The van der Waals surface area contributed by atoms with E-state index in [4.69, 9.17) is 21.1 Å². The summed E-state index contributed by atoms with van der Waals surface area (Å²) in [6.45, 7) is 9.67. The Labute approximate surface area is 221 Å². The highest BCUT2D eigenvalue weighted by Crippen LogP contribution is 2.34. The number of hydrogen-bond acceptors (Lipinski definition) is 5. The maximum Gasteiger partial charge on any atom is 0.333 e. The second-order valence-electron chi connectivity index (χ2n) is 9.14. The first kappa shape index (κ1) is 27.7. The topological polar surface area (TPSA) is 84.9 Å². The summed E-state index contributed by atoms with van der Waals surface area (Å²) in [6, 6.07) is 14.9. The second-order valence-corrected chi connectivity index (χ2v) is 10.9. The first-order valence-corrected chi connectivity index (χ1v) is 13.0. The van der Waals surface area contributed by atoms with Crippen LogP contribution in [0.5, 0.6) is 5.75 Å². The molecule has 2 aromatic carbocycles. The fourth-order valence-electron chi connectivity index (χ4n) is 3.86. The van der Waals surface area contributed by atoms with Crippen LogP contribution in [0.4, 0.5) is 0 Å². The van der Waals surface area contributed by atoms with Crippen LogP contribution in [-0.2, 0) is 22.5 Å². The largest absolute Gasteiger partial charge is 0.491 e. The van der Waals surface area contributed by atoms with Crippen LogP contribution in [0.1, 0.15) is 54.7 Å². The van der Waals surface area contributed by atoms with E-state index >= 15 is 0 Å². The molecule has 36 heavy (non-hydrogen) atoms. The van der Waals surface area contributed by atoms with Gasteiger partial charge in [-0.25, -0.2) is 4.79 Å². The molecule has 0 radical (unpaired) electrons. The Morgan fingerprint density at radius 3 is 2.36 bits per heavy atom. The highest BCUT2D eigenvalue weighted by molar-refractivity contribution is 7.19. The van der Waals surface area contributed by atoms with E-state index in [9.17, 15) is 14.7 Å². The van der Waals surface area contributed by atoms with Crippen LogP contribution in [-0.4, -0.2) is 35.3 Å². The van der Waals surface area contributed by atoms with Gasteiger partial charge in [0.25, 0.3) is 5.91 Å². The van der Waals surface area contributed by atoms with Gasteiger partial charge in [-0.3, -0.25) is 4.79 Å². The van der Waals surface area contributed by atoms with Crippen molar-refractivity contribution in [3.63, 3.8) is 0 Å². The van der Waals surface area contributed by atoms with Crippen molar-refractivity contribution >= 4 is 34.8 Å². The quantitative estimate of drug-likeness (QED) is 0.295. The number of carbonyl (C=O) groups excluding carboxylic acids is 1. The number of benzene rings is 2. The van der Waals surface area contributed by atoms with Gasteiger partial charge in [0.1, 0.15) is 5.75 Å². The molecule has 0 aliphatic carbocycles. The lowest BCUT2D eigenvalue weighted by molar-refractivity contribution is -0.153. The number of nitrogens with one attached hydrogen (secondary N) is 1. The van der Waals surface area contributed by atoms with E-state index in [1.165, 1.54) is 11.3 Å². The molecule has 6 nitrogen and oxygen atoms in total. The highest BCUT2D eigenvalue weighted by atomic mass is 35.5. The molecule has 3 aromatic rings. The molecule has 0 spiro atoms. The fraction of sp³-hybridized carbons (Fsp3) is 0.357. The smallest absolute Gasteiger partial charge is 0.333 e. The maximum atomic E-state index is 13.0. The fourth-order valence-corrected chi connectivity index (χ4v) is 4.97. The van der Waals surface area contributed by atoms with Crippen LogP contribution in [0, 0.1) is 6.92 Å². The van der Waals surface area contributed by atoms with Crippen molar-refractivity contribution in [2.75, 3.05) is 0 Å². The number of carboxylic acid groups (broad SMARTS) is 1. The van der Waals surface area contributed by atoms with Crippen molar-refractivity contribution < 1.29 is 24.2 Å². The van der Waals surface area contributed by atoms with E-state index in [-0.39, 0.29) is 31.1 Å². The third-order valence-corrected chi connectivity index (χ3v) is 6.66. The zero-order valence-corrected chi connectivity index (χ0v) is 22.7. The molecular formula is C28H32ClNO5S. The number of carboxylic acids is 1. The molecule has 8 heteroatoms. The van der Waals surface area contributed by atoms with Gasteiger partial charge in [-0.2, -0.15) is 0 Å². The molecular weight excluding hydrogens is 498 g/mol. The third-order valence-electron chi connectivity index (χ3n) is 5.39. The van der Waals surface area contributed by atoms with E-state index in [0.29, 0.717) is 9.90 Å². The van der Waals surface area contributed by atoms with Crippen LogP contribution < -0.4 is 10.1 Å². The van der Waals surface area contributed by atoms with E-state index < -0.39 is 12.1 Å². The van der Waals surface area contributed by atoms with Gasteiger partial charge in [0.05, 0.1) is 16.5 Å². The zero-order valence-electron chi connectivity index (χ0n) is 21.1. The number of thiophene rings is 1. The minimum Gasteiger partial charge on any atom is -0.491 e. The summed E-state index contributed by atoms with van der Waals surface area (Å²) in [6.07, 6.45) is -0.898. The van der Waals surface area contributed by atoms with Crippen LogP contribution in [0.2, 0.25) is 4.34 Å². The Hall–Kier alpha value is -2.87. The minimum absolute atomic E-state index is 0.0483. The van der Waals surface area contributed by atoms with Gasteiger partial charge in [-0.1, -0.05) is 29.8 Å². The minimum atomic E-state index is -1.01. The second kappa shape index (κ2) is 12.4. The third kappa shape index (κ3) is 7.56. The van der Waals surface area contributed by atoms with Gasteiger partial charge in [0.2, 0.25) is 0 Å². The molecule has 192 valence electrons. The van der Waals surface area contributed by atoms with Crippen LogP contribution in [0.15, 0.2) is 48.5 Å². The Balaban J connectivity index is 1.85. The molecule has 0 saturated heterocycles. The van der Waals surface area contributed by atoms with Crippen molar-refractivity contribution in [2.24, 2.45) is 0 Å². The number of rotatable bonds is 11. The monoisotopic (exact) mass is 529 g/mol. The Kier molecular flexibility index (Phi) is 9.54. The number of carbonyl (C=O) groups is 2. The number of halogens is 1. The van der Waals surface area contributed by atoms with Crippen molar-refractivity contribution in [3.8, 4) is 16.2 Å². The lowest BCUT2D eigenvalue weighted by Crippen LogP contribution is -2.29. The summed E-state index contributed by atoms with van der Waals surface area (Å²) in [4.78, 5) is 25.7. The van der Waals surface area contributed by atoms with Crippen LogP contribution in [0.25, 0.3) is 10.4 Å². The summed E-state index contributed by atoms with van der Waals surface area (Å²) in [5.41, 5.74) is 4.00. The number of hydrogen-bond donors (Lipinski definition) is 2. The van der Waals surface area contributed by atoms with Crippen molar-refractivity contribution in [1.29, 1.82) is 0 Å². The Morgan fingerprint density at radius 2 is 1.78 bits per heavy atom. The molecule has 1 heterocycles. The molecule has 1 unspecified atom stereocenters. The molecule has 0 bridgehead atoms. The standard InChI is InChI=1S/C28H32ClNO5S/c1-16(2)34-21-7-9-22(18(5)12-21)27(31)30-15-20-13-19(14-24(28(32)33)35-17(3)4)6-8-23(20)25-10-11-26(29)36-25/h6-13,16-17,24H,14-15H2,1-5H3,(H,30,31)(H,32,33). The number of ether oxygens (including phenoxy) is 2. The van der Waals surface area contributed by atoms with Gasteiger partial charge < -0.3 is 19.9 Å². The summed E-state index contributed by atoms with van der Waals surface area (Å²) in [5.74, 6) is -0.482. The van der Waals surface area contributed by atoms with Crippen molar-refractivity contribution in [3.05, 3.63) is 75.1 Å². The van der Waals surface area contributed by atoms with E-state index in [1.807, 2.05) is 71.0 Å². The summed E-state index contributed by atoms with van der Waals surface area (Å²) >= 11 is 7.62. The number of aryl methyl sites for hydroxylation is 1. The number of amides is 1. The average molecular weight is 530 g/mol. The average Bonchev–Trinajstić information content (AvgIpc) is 3.22. The van der Waals surface area contributed by atoms with Gasteiger partial charge in [-0.05, 0) is 87.2 Å². The summed E-state index contributed by atoms with van der Waals surface area (Å²) in [7, 11) is 0. The zero-order chi connectivity index (χ0) is 26.4. The van der Waals surface area contributed by atoms with Gasteiger partial charge >= 0.3 is 5.97 Å². The highest BCUT2D eigenvalue weighted by Gasteiger charge is 2.21. The summed E-state index contributed by atoms with van der Waals surface area (Å²) in [5, 5.41) is 12.6. The molecule has 0 aliphatic heterocycles. The molecule has 0 fully saturated rings. The van der Waals surface area contributed by atoms with Gasteiger partial charge in [-0.15, -0.1) is 11.3 Å². The molecule has 1 aromatic heterocycles. The predicted molar refractivity (Wildman–Crippen MR) is 144 cm³/mol.